The quantitative estimate of drug-likeness (QED) is 0.567. The molecule has 4 rings (SSSR count). The van der Waals surface area contributed by atoms with E-state index in [0.717, 1.165) is 22.3 Å². The van der Waals surface area contributed by atoms with E-state index in [1.165, 1.54) is 0 Å². The molecule has 2 aromatic rings. The normalized spacial score (nSPS) is 19.9. The first-order valence-corrected chi connectivity index (χ1v) is 11.2. The minimum atomic E-state index is -0.914. The maximum atomic E-state index is 12.6. The van der Waals surface area contributed by atoms with Gasteiger partial charge < -0.3 is 25.2 Å². The van der Waals surface area contributed by atoms with Crippen molar-refractivity contribution in [1.29, 1.82) is 0 Å². The van der Waals surface area contributed by atoms with Crippen LogP contribution in [-0.2, 0) is 19.1 Å². The number of benzene rings is 2. The fraction of sp³-hybridized carbons (Fsp3) is 0.400. The van der Waals surface area contributed by atoms with Gasteiger partial charge in [0.2, 0.25) is 0 Å². The molecule has 1 heterocycles. The fourth-order valence-corrected chi connectivity index (χ4v) is 4.52. The monoisotopic (exact) mass is 452 g/mol. The van der Waals surface area contributed by atoms with Crippen LogP contribution in [0, 0.1) is 0 Å². The molecule has 174 valence electrons. The van der Waals surface area contributed by atoms with Crippen LogP contribution in [0.4, 0.5) is 4.79 Å². The van der Waals surface area contributed by atoms with Crippen molar-refractivity contribution >= 4 is 18.0 Å². The van der Waals surface area contributed by atoms with Crippen molar-refractivity contribution in [2.45, 2.75) is 50.3 Å². The van der Waals surface area contributed by atoms with E-state index in [1.807, 2.05) is 24.3 Å². The number of fused-ring (bicyclic) bond motifs is 3. The van der Waals surface area contributed by atoms with Crippen LogP contribution in [0.25, 0.3) is 11.1 Å². The molecule has 0 aromatic heterocycles. The van der Waals surface area contributed by atoms with E-state index >= 15 is 0 Å². The molecule has 8 heteroatoms. The molecule has 2 aliphatic rings. The largest absolute Gasteiger partial charge is 0.481 e. The van der Waals surface area contributed by atoms with Crippen LogP contribution in [0.2, 0.25) is 0 Å². The van der Waals surface area contributed by atoms with Crippen LogP contribution in [-0.4, -0.2) is 54.5 Å². The van der Waals surface area contributed by atoms with Crippen LogP contribution in [0.3, 0.4) is 0 Å². The molecule has 1 aliphatic carbocycles. The third kappa shape index (κ3) is 5.17. The Labute approximate surface area is 192 Å². The SMILES string of the molecule is CC(CCC(=O)O)NC(=O)C1OCCC1NC(=O)OCC1c2ccccc2-c2ccccc21. The number of rotatable bonds is 8. The van der Waals surface area contributed by atoms with E-state index in [0.29, 0.717) is 19.4 Å². The van der Waals surface area contributed by atoms with E-state index in [9.17, 15) is 14.4 Å². The van der Waals surface area contributed by atoms with E-state index < -0.39 is 24.2 Å². The third-order valence-electron chi connectivity index (χ3n) is 6.18. The molecule has 0 radical (unpaired) electrons. The van der Waals surface area contributed by atoms with Gasteiger partial charge in [-0.05, 0) is 42.0 Å². The predicted octanol–water partition coefficient (Wildman–Crippen LogP) is 3.05. The minimum Gasteiger partial charge on any atom is -0.481 e. The molecule has 1 aliphatic heterocycles. The number of carboxylic acids is 1. The Morgan fingerprint density at radius 2 is 1.73 bits per heavy atom. The Balaban J connectivity index is 1.32. The minimum absolute atomic E-state index is 0.0333. The van der Waals surface area contributed by atoms with Gasteiger partial charge >= 0.3 is 12.1 Å². The summed E-state index contributed by atoms with van der Waals surface area (Å²) in [6, 6.07) is 15.4. The molecule has 8 nitrogen and oxygen atoms in total. The van der Waals surface area contributed by atoms with Gasteiger partial charge in [0.25, 0.3) is 5.91 Å². The van der Waals surface area contributed by atoms with Gasteiger partial charge in [0.15, 0.2) is 6.10 Å². The molecule has 3 unspecified atom stereocenters. The predicted molar refractivity (Wildman–Crippen MR) is 121 cm³/mol. The summed E-state index contributed by atoms with van der Waals surface area (Å²) in [4.78, 5) is 35.8. The van der Waals surface area contributed by atoms with E-state index in [2.05, 4.69) is 34.9 Å². The lowest BCUT2D eigenvalue weighted by molar-refractivity contribution is -0.138. The summed E-state index contributed by atoms with van der Waals surface area (Å²) in [5.41, 5.74) is 4.56. The molecule has 2 amide bonds. The van der Waals surface area contributed by atoms with Crippen molar-refractivity contribution in [3.8, 4) is 11.1 Å². The van der Waals surface area contributed by atoms with Gasteiger partial charge in [0.05, 0.1) is 6.04 Å². The first-order chi connectivity index (χ1) is 15.9. The summed E-state index contributed by atoms with van der Waals surface area (Å²) in [5, 5.41) is 14.3. The molecule has 2 aromatic carbocycles. The van der Waals surface area contributed by atoms with Gasteiger partial charge in [0.1, 0.15) is 6.61 Å². The zero-order valence-electron chi connectivity index (χ0n) is 18.5. The number of carbonyl (C=O) groups excluding carboxylic acids is 2. The number of carboxylic acid groups (broad SMARTS) is 1. The molecule has 1 fully saturated rings. The first-order valence-electron chi connectivity index (χ1n) is 11.2. The number of alkyl carbamates (subject to hydrolysis) is 1. The van der Waals surface area contributed by atoms with E-state index in [4.69, 9.17) is 14.6 Å². The van der Waals surface area contributed by atoms with E-state index in [-0.39, 0.29) is 30.9 Å². The second kappa shape index (κ2) is 10.0. The highest BCUT2D eigenvalue weighted by Crippen LogP contribution is 2.44. The zero-order chi connectivity index (χ0) is 23.4. The van der Waals surface area contributed by atoms with Crippen LogP contribution >= 0.6 is 0 Å². The topological polar surface area (TPSA) is 114 Å². The highest BCUT2D eigenvalue weighted by atomic mass is 16.6. The molecule has 3 N–H and O–H groups in total. The summed E-state index contributed by atoms with van der Waals surface area (Å²) >= 11 is 0. The van der Waals surface area contributed by atoms with Crippen LogP contribution in [0.5, 0.6) is 0 Å². The Morgan fingerprint density at radius 1 is 1.09 bits per heavy atom. The average molecular weight is 453 g/mol. The lowest BCUT2D eigenvalue weighted by Gasteiger charge is -2.22. The molecular weight excluding hydrogens is 424 g/mol. The maximum Gasteiger partial charge on any atom is 0.407 e. The van der Waals surface area contributed by atoms with Crippen LogP contribution in [0.15, 0.2) is 48.5 Å². The maximum absolute atomic E-state index is 12.6. The number of aliphatic carboxylic acids is 1. The number of hydrogen-bond donors (Lipinski definition) is 3. The van der Waals surface area contributed by atoms with Crippen molar-refractivity contribution in [3.63, 3.8) is 0 Å². The number of hydrogen-bond acceptors (Lipinski definition) is 5. The van der Waals surface area contributed by atoms with Crippen molar-refractivity contribution in [2.75, 3.05) is 13.2 Å². The fourth-order valence-electron chi connectivity index (χ4n) is 4.52. The summed E-state index contributed by atoms with van der Waals surface area (Å²) in [5.74, 6) is -1.32. The molecule has 1 saturated heterocycles. The van der Waals surface area contributed by atoms with Crippen molar-refractivity contribution < 1.29 is 29.0 Å². The summed E-state index contributed by atoms with van der Waals surface area (Å²) in [7, 11) is 0. The smallest absolute Gasteiger partial charge is 0.407 e. The second-order valence-electron chi connectivity index (χ2n) is 8.50. The second-order valence-corrected chi connectivity index (χ2v) is 8.50. The molecule has 3 atom stereocenters. The number of nitrogens with one attached hydrogen (secondary N) is 2. The Bertz CT molecular complexity index is 994. The van der Waals surface area contributed by atoms with Gasteiger partial charge in [-0.1, -0.05) is 48.5 Å². The molecule has 0 saturated carbocycles. The van der Waals surface area contributed by atoms with Crippen molar-refractivity contribution in [1.82, 2.24) is 10.6 Å². The Hall–Kier alpha value is -3.39. The molecular formula is C25H28N2O6. The average Bonchev–Trinajstić information content (AvgIpc) is 3.39. The van der Waals surface area contributed by atoms with Gasteiger partial charge in [-0.3, -0.25) is 9.59 Å². The van der Waals surface area contributed by atoms with E-state index in [1.54, 1.807) is 6.92 Å². The highest BCUT2D eigenvalue weighted by molar-refractivity contribution is 5.83. The summed E-state index contributed by atoms with van der Waals surface area (Å²) < 4.78 is 11.1. The summed E-state index contributed by atoms with van der Waals surface area (Å²) in [6.45, 7) is 2.27. The van der Waals surface area contributed by atoms with Crippen LogP contribution in [0.1, 0.15) is 43.2 Å². The van der Waals surface area contributed by atoms with Crippen LogP contribution < -0.4 is 10.6 Å². The molecule has 0 spiro atoms. The first kappa shape index (κ1) is 22.8. The standard InChI is InChI=1S/C25H28N2O6/c1-15(10-11-22(28)29)26-24(30)23-21(12-13-32-23)27-25(31)33-14-20-18-8-4-2-6-16(18)17-7-3-5-9-19(17)20/h2-9,15,20-21,23H,10-14H2,1H3,(H,26,30)(H,27,31)(H,28,29). The highest BCUT2D eigenvalue weighted by Gasteiger charge is 2.36. The lowest BCUT2D eigenvalue weighted by atomic mass is 9.98. The molecule has 0 bridgehead atoms. The zero-order valence-corrected chi connectivity index (χ0v) is 18.5. The van der Waals surface area contributed by atoms with Gasteiger partial charge in [0, 0.05) is 25.0 Å². The number of carbonyl (C=O) groups is 3. The number of amides is 2. The van der Waals surface area contributed by atoms with Gasteiger partial charge in [-0.2, -0.15) is 0 Å². The third-order valence-corrected chi connectivity index (χ3v) is 6.18. The Kier molecular flexibility index (Phi) is 6.93. The lowest BCUT2D eigenvalue weighted by Crippen LogP contribution is -2.50. The van der Waals surface area contributed by atoms with Gasteiger partial charge in [-0.15, -0.1) is 0 Å². The summed E-state index contributed by atoms with van der Waals surface area (Å²) in [6.07, 6.45) is -0.653. The van der Waals surface area contributed by atoms with Crippen molar-refractivity contribution in [3.05, 3.63) is 59.7 Å². The van der Waals surface area contributed by atoms with Gasteiger partial charge in [-0.25, -0.2) is 4.79 Å². The van der Waals surface area contributed by atoms with Crippen molar-refractivity contribution in [2.24, 2.45) is 0 Å². The molecule has 33 heavy (non-hydrogen) atoms. The number of ether oxygens (including phenoxy) is 2. The Morgan fingerprint density at radius 3 is 2.36 bits per heavy atom.